The van der Waals surface area contributed by atoms with E-state index in [2.05, 4.69) is 41.3 Å². The molecule has 2 aliphatic rings. The van der Waals surface area contributed by atoms with Crippen LogP contribution in [0.5, 0.6) is 11.5 Å². The summed E-state index contributed by atoms with van der Waals surface area (Å²) in [6.07, 6.45) is 0.155. The molecule has 2 heterocycles. The summed E-state index contributed by atoms with van der Waals surface area (Å²) in [5.74, 6) is 1.71. The van der Waals surface area contributed by atoms with Gasteiger partial charge in [0.05, 0.1) is 12.7 Å². The lowest BCUT2D eigenvalue weighted by Gasteiger charge is -2.33. The summed E-state index contributed by atoms with van der Waals surface area (Å²) < 4.78 is 17.2. The van der Waals surface area contributed by atoms with Crippen molar-refractivity contribution in [1.29, 1.82) is 0 Å². The Labute approximate surface area is 136 Å². The normalized spacial score (nSPS) is 21.1. The summed E-state index contributed by atoms with van der Waals surface area (Å²) in [5, 5.41) is 0. The number of hydrogen-bond donors (Lipinski definition) is 0. The minimum absolute atomic E-state index is 0.155. The fourth-order valence-corrected chi connectivity index (χ4v) is 3.16. The van der Waals surface area contributed by atoms with E-state index in [0.29, 0.717) is 13.2 Å². The Morgan fingerprint density at radius 2 is 1.74 bits per heavy atom. The quantitative estimate of drug-likeness (QED) is 0.872. The van der Waals surface area contributed by atoms with Gasteiger partial charge >= 0.3 is 0 Å². The summed E-state index contributed by atoms with van der Waals surface area (Å²) in [6.45, 7) is 4.81. The molecular weight excluding hydrogens is 290 g/mol. The van der Waals surface area contributed by atoms with Crippen molar-refractivity contribution in [2.45, 2.75) is 12.6 Å². The molecule has 1 saturated heterocycles. The van der Waals surface area contributed by atoms with Gasteiger partial charge in [0, 0.05) is 19.6 Å². The molecule has 120 valence electrons. The van der Waals surface area contributed by atoms with Crippen LogP contribution in [0, 0.1) is 0 Å². The highest BCUT2D eigenvalue weighted by molar-refractivity contribution is 5.43. The maximum Gasteiger partial charge on any atom is 0.161 e. The van der Waals surface area contributed by atoms with Crippen molar-refractivity contribution >= 4 is 0 Å². The van der Waals surface area contributed by atoms with Gasteiger partial charge in [-0.2, -0.15) is 0 Å². The third-order valence-corrected chi connectivity index (χ3v) is 4.33. The van der Waals surface area contributed by atoms with E-state index in [0.717, 1.165) is 37.7 Å². The summed E-state index contributed by atoms with van der Waals surface area (Å²) in [7, 11) is 0. The smallest absolute Gasteiger partial charge is 0.161 e. The van der Waals surface area contributed by atoms with Gasteiger partial charge in [0.1, 0.15) is 13.2 Å². The molecule has 4 heteroatoms. The molecule has 1 atom stereocenters. The molecule has 4 nitrogen and oxygen atoms in total. The molecule has 23 heavy (non-hydrogen) atoms. The van der Waals surface area contributed by atoms with Crippen molar-refractivity contribution in [3.05, 3.63) is 59.7 Å². The van der Waals surface area contributed by atoms with E-state index in [1.54, 1.807) is 0 Å². The molecule has 0 unspecified atom stereocenters. The zero-order valence-electron chi connectivity index (χ0n) is 13.1. The molecular formula is C19H21NO3. The SMILES string of the molecule is c1ccc([C@@H]2CN(Cc3ccc4c(c3)OCCO4)CCO2)cc1. The van der Waals surface area contributed by atoms with Crippen LogP contribution in [0.1, 0.15) is 17.2 Å². The molecule has 0 bridgehead atoms. The van der Waals surface area contributed by atoms with E-state index in [-0.39, 0.29) is 6.10 Å². The first-order chi connectivity index (χ1) is 11.4. The third-order valence-electron chi connectivity index (χ3n) is 4.33. The van der Waals surface area contributed by atoms with Gasteiger partial charge in [-0.3, -0.25) is 4.90 Å². The second-order valence-corrected chi connectivity index (χ2v) is 5.98. The van der Waals surface area contributed by atoms with E-state index in [1.807, 2.05) is 12.1 Å². The molecule has 0 radical (unpaired) electrons. The zero-order chi connectivity index (χ0) is 15.5. The van der Waals surface area contributed by atoms with Crippen LogP contribution in [0.25, 0.3) is 0 Å². The van der Waals surface area contributed by atoms with Crippen molar-refractivity contribution in [2.24, 2.45) is 0 Å². The molecule has 1 fully saturated rings. The van der Waals surface area contributed by atoms with Gasteiger partial charge in [-0.15, -0.1) is 0 Å². The first kappa shape index (κ1) is 14.5. The van der Waals surface area contributed by atoms with Gasteiger partial charge in [0.15, 0.2) is 11.5 Å². The first-order valence-electron chi connectivity index (χ1n) is 8.16. The summed E-state index contributed by atoms with van der Waals surface area (Å²) in [4.78, 5) is 2.44. The van der Waals surface area contributed by atoms with E-state index in [1.165, 1.54) is 11.1 Å². The van der Waals surface area contributed by atoms with Crippen molar-refractivity contribution < 1.29 is 14.2 Å². The van der Waals surface area contributed by atoms with Gasteiger partial charge in [0.2, 0.25) is 0 Å². The Morgan fingerprint density at radius 1 is 0.913 bits per heavy atom. The number of benzene rings is 2. The van der Waals surface area contributed by atoms with Crippen LogP contribution < -0.4 is 9.47 Å². The van der Waals surface area contributed by atoms with Crippen LogP contribution in [0.15, 0.2) is 48.5 Å². The van der Waals surface area contributed by atoms with E-state index in [9.17, 15) is 0 Å². The number of hydrogen-bond acceptors (Lipinski definition) is 4. The van der Waals surface area contributed by atoms with Crippen molar-refractivity contribution in [3.63, 3.8) is 0 Å². The van der Waals surface area contributed by atoms with Crippen molar-refractivity contribution in [1.82, 2.24) is 4.90 Å². The molecule has 0 saturated carbocycles. The number of morpholine rings is 1. The lowest BCUT2D eigenvalue weighted by atomic mass is 10.1. The van der Waals surface area contributed by atoms with Crippen molar-refractivity contribution in [3.8, 4) is 11.5 Å². The molecule has 0 spiro atoms. The Morgan fingerprint density at radius 3 is 2.61 bits per heavy atom. The largest absolute Gasteiger partial charge is 0.486 e. The minimum atomic E-state index is 0.155. The van der Waals surface area contributed by atoms with E-state index < -0.39 is 0 Å². The number of ether oxygens (including phenoxy) is 3. The molecule has 0 aliphatic carbocycles. The molecule has 2 aromatic carbocycles. The standard InChI is InChI=1S/C19H21NO3/c1-2-4-16(5-3-1)19-14-20(8-9-21-19)13-15-6-7-17-18(12-15)23-11-10-22-17/h1-7,12,19H,8-11,13-14H2/t19-/m0/s1. The van der Waals surface area contributed by atoms with Crippen LogP contribution >= 0.6 is 0 Å². The summed E-state index contributed by atoms with van der Waals surface area (Å²) >= 11 is 0. The average Bonchev–Trinajstić information content (AvgIpc) is 2.63. The second-order valence-electron chi connectivity index (χ2n) is 5.98. The maximum absolute atomic E-state index is 5.94. The second kappa shape index (κ2) is 6.60. The third kappa shape index (κ3) is 3.33. The van der Waals surface area contributed by atoms with E-state index in [4.69, 9.17) is 14.2 Å². The number of rotatable bonds is 3. The minimum Gasteiger partial charge on any atom is -0.486 e. The van der Waals surface area contributed by atoms with Gasteiger partial charge in [-0.25, -0.2) is 0 Å². The first-order valence-corrected chi connectivity index (χ1v) is 8.16. The molecule has 0 N–H and O–H groups in total. The average molecular weight is 311 g/mol. The predicted molar refractivity (Wildman–Crippen MR) is 87.8 cm³/mol. The number of nitrogens with zero attached hydrogens (tertiary/aromatic N) is 1. The Kier molecular flexibility index (Phi) is 4.18. The lowest BCUT2D eigenvalue weighted by molar-refractivity contribution is -0.0329. The molecule has 0 aromatic heterocycles. The van der Waals surface area contributed by atoms with Gasteiger partial charge in [-0.05, 0) is 23.3 Å². The monoisotopic (exact) mass is 311 g/mol. The van der Waals surface area contributed by atoms with Crippen LogP contribution in [-0.4, -0.2) is 37.8 Å². The van der Waals surface area contributed by atoms with Gasteiger partial charge in [0.25, 0.3) is 0 Å². The van der Waals surface area contributed by atoms with Crippen LogP contribution in [0.3, 0.4) is 0 Å². The fourth-order valence-electron chi connectivity index (χ4n) is 3.16. The summed E-state index contributed by atoms with van der Waals surface area (Å²) in [5.41, 5.74) is 2.50. The van der Waals surface area contributed by atoms with Gasteiger partial charge in [-0.1, -0.05) is 36.4 Å². The Hall–Kier alpha value is -2.04. The van der Waals surface area contributed by atoms with Crippen LogP contribution in [-0.2, 0) is 11.3 Å². The van der Waals surface area contributed by atoms with Crippen LogP contribution in [0.2, 0.25) is 0 Å². The molecule has 4 rings (SSSR count). The van der Waals surface area contributed by atoms with Crippen molar-refractivity contribution in [2.75, 3.05) is 32.9 Å². The van der Waals surface area contributed by atoms with Crippen LogP contribution in [0.4, 0.5) is 0 Å². The highest BCUT2D eigenvalue weighted by Gasteiger charge is 2.22. The Balaban J connectivity index is 1.44. The topological polar surface area (TPSA) is 30.9 Å². The number of fused-ring (bicyclic) bond motifs is 1. The maximum atomic E-state index is 5.94. The van der Waals surface area contributed by atoms with Gasteiger partial charge < -0.3 is 14.2 Å². The fraction of sp³-hybridized carbons (Fsp3) is 0.368. The summed E-state index contributed by atoms with van der Waals surface area (Å²) in [6, 6.07) is 16.7. The highest BCUT2D eigenvalue weighted by Crippen LogP contribution is 2.31. The zero-order valence-corrected chi connectivity index (χ0v) is 13.1. The Bertz CT molecular complexity index is 659. The lowest BCUT2D eigenvalue weighted by Crippen LogP contribution is -2.37. The van der Waals surface area contributed by atoms with E-state index >= 15 is 0 Å². The molecule has 2 aliphatic heterocycles. The highest BCUT2D eigenvalue weighted by atomic mass is 16.6. The molecule has 2 aromatic rings. The molecule has 0 amide bonds. The predicted octanol–water partition coefficient (Wildman–Crippen LogP) is 3.03.